The first-order chi connectivity index (χ1) is 16.8. The van der Waals surface area contributed by atoms with Gasteiger partial charge in [-0.25, -0.2) is 18.7 Å². The van der Waals surface area contributed by atoms with Crippen LogP contribution >= 0.6 is 0 Å². The highest BCUT2D eigenvalue weighted by Crippen LogP contribution is 2.69. The van der Waals surface area contributed by atoms with Crippen molar-refractivity contribution in [2.45, 2.75) is 44.4 Å². The molecule has 1 aromatic carbocycles. The van der Waals surface area contributed by atoms with E-state index in [4.69, 9.17) is 4.98 Å². The molecule has 0 spiro atoms. The highest BCUT2D eigenvalue weighted by atomic mass is 19.1. The van der Waals surface area contributed by atoms with Crippen LogP contribution < -0.4 is 10.7 Å². The highest BCUT2D eigenvalue weighted by molar-refractivity contribution is 5.91. The SMILES string of the molecule is C=C1CC(CNc2nccc([C@@]34CC[C@@H](c5cc(-c6c(F)cccc6F)nnc53)C4(C)C)n2)=NN1. The Bertz CT molecular complexity index is 1380. The summed E-state index contributed by atoms with van der Waals surface area (Å²) in [6.45, 7) is 8.84. The van der Waals surface area contributed by atoms with Crippen molar-refractivity contribution in [1.82, 2.24) is 25.6 Å². The van der Waals surface area contributed by atoms with Gasteiger partial charge >= 0.3 is 0 Å². The van der Waals surface area contributed by atoms with E-state index in [2.05, 4.69) is 51.5 Å². The third-order valence-corrected chi connectivity index (χ3v) is 7.93. The molecule has 2 aliphatic carbocycles. The van der Waals surface area contributed by atoms with Crippen molar-refractivity contribution in [1.29, 1.82) is 0 Å². The largest absolute Gasteiger partial charge is 0.349 e. The number of hydrogen-bond acceptors (Lipinski definition) is 7. The molecule has 9 heteroatoms. The van der Waals surface area contributed by atoms with Crippen molar-refractivity contribution in [3.05, 3.63) is 77.4 Å². The minimum absolute atomic E-state index is 0.141. The maximum Gasteiger partial charge on any atom is 0.223 e. The molecule has 3 heterocycles. The molecule has 1 saturated carbocycles. The quantitative estimate of drug-likeness (QED) is 0.559. The van der Waals surface area contributed by atoms with Gasteiger partial charge in [0.05, 0.1) is 40.3 Å². The van der Waals surface area contributed by atoms with Crippen molar-refractivity contribution in [2.75, 3.05) is 11.9 Å². The van der Waals surface area contributed by atoms with Gasteiger partial charge in [0.1, 0.15) is 11.6 Å². The first-order valence-electron chi connectivity index (χ1n) is 11.7. The van der Waals surface area contributed by atoms with Crippen molar-refractivity contribution in [3.8, 4) is 11.3 Å². The number of rotatable bonds is 5. The summed E-state index contributed by atoms with van der Waals surface area (Å²) in [4.78, 5) is 9.31. The third-order valence-electron chi connectivity index (χ3n) is 7.93. The highest BCUT2D eigenvalue weighted by Gasteiger charge is 2.65. The first-order valence-corrected chi connectivity index (χ1v) is 11.7. The van der Waals surface area contributed by atoms with E-state index in [1.807, 2.05) is 12.1 Å². The molecule has 2 aromatic heterocycles. The lowest BCUT2D eigenvalue weighted by atomic mass is 9.66. The summed E-state index contributed by atoms with van der Waals surface area (Å²) in [7, 11) is 0. The molecular formula is C26H25F2N7. The van der Waals surface area contributed by atoms with Crippen LogP contribution in [0.4, 0.5) is 14.7 Å². The van der Waals surface area contributed by atoms with Crippen LogP contribution in [0, 0.1) is 17.0 Å². The fourth-order valence-corrected chi connectivity index (χ4v) is 6.20. The van der Waals surface area contributed by atoms with Gasteiger partial charge in [-0.05, 0) is 54.0 Å². The normalized spacial score (nSPS) is 23.7. The van der Waals surface area contributed by atoms with E-state index in [0.717, 1.165) is 41.2 Å². The molecule has 2 atom stereocenters. The number of nitrogens with zero attached hydrogens (tertiary/aromatic N) is 5. The Balaban J connectivity index is 1.39. The minimum atomic E-state index is -0.645. The molecule has 3 aliphatic rings. The molecule has 0 amide bonds. The van der Waals surface area contributed by atoms with E-state index in [-0.39, 0.29) is 22.6 Å². The van der Waals surface area contributed by atoms with E-state index >= 15 is 0 Å². The summed E-state index contributed by atoms with van der Waals surface area (Å²) in [6.07, 6.45) is 4.25. The molecule has 0 radical (unpaired) electrons. The second-order valence-electron chi connectivity index (χ2n) is 10.0. The van der Waals surface area contributed by atoms with Gasteiger partial charge in [-0.15, -0.1) is 5.10 Å². The van der Waals surface area contributed by atoms with Crippen molar-refractivity contribution < 1.29 is 8.78 Å². The Hall–Kier alpha value is -3.75. The average molecular weight is 474 g/mol. The van der Waals surface area contributed by atoms with Gasteiger partial charge in [0.15, 0.2) is 0 Å². The number of halogens is 2. The third kappa shape index (κ3) is 3.10. The van der Waals surface area contributed by atoms with Crippen LogP contribution in [0.1, 0.15) is 56.0 Å². The number of aromatic nitrogens is 4. The number of benzene rings is 1. The molecule has 7 nitrogen and oxygen atoms in total. The van der Waals surface area contributed by atoms with Crippen LogP contribution in [0.2, 0.25) is 0 Å². The molecule has 3 aromatic rings. The molecule has 0 unspecified atom stereocenters. The number of allylic oxidation sites excluding steroid dienone is 1. The first kappa shape index (κ1) is 21.8. The van der Waals surface area contributed by atoms with Gasteiger partial charge in [0, 0.05) is 18.3 Å². The van der Waals surface area contributed by atoms with Crippen molar-refractivity contribution in [2.24, 2.45) is 10.5 Å². The molecule has 35 heavy (non-hydrogen) atoms. The lowest BCUT2D eigenvalue weighted by molar-refractivity contribution is 0.243. The molecule has 6 rings (SSSR count). The van der Waals surface area contributed by atoms with E-state index in [9.17, 15) is 8.78 Å². The van der Waals surface area contributed by atoms with Gasteiger partial charge < -0.3 is 5.32 Å². The van der Waals surface area contributed by atoms with E-state index in [0.29, 0.717) is 18.9 Å². The van der Waals surface area contributed by atoms with Gasteiger partial charge in [0.25, 0.3) is 0 Å². The van der Waals surface area contributed by atoms with Gasteiger partial charge in [-0.3, -0.25) is 5.43 Å². The maximum atomic E-state index is 14.5. The zero-order chi connectivity index (χ0) is 24.4. The number of hydrazone groups is 1. The van der Waals surface area contributed by atoms with Gasteiger partial charge in [0.2, 0.25) is 5.95 Å². The number of anilines is 1. The second-order valence-corrected chi connectivity index (χ2v) is 10.0. The zero-order valence-electron chi connectivity index (χ0n) is 19.6. The monoisotopic (exact) mass is 473 g/mol. The lowest BCUT2D eigenvalue weighted by Gasteiger charge is -2.37. The number of hydrogen-bond donors (Lipinski definition) is 2. The zero-order valence-corrected chi connectivity index (χ0v) is 19.6. The van der Waals surface area contributed by atoms with Crippen molar-refractivity contribution in [3.63, 3.8) is 0 Å². The standard InChI is InChI=1S/C26H25F2N7/c1-14-11-15(33-32-14)13-30-24-29-10-8-21(31-24)26-9-7-17(25(26,2)3)16-12-20(34-35-23(16)26)22-18(27)5-4-6-19(22)28/h4-6,8,10,12,17,32H,1,7,9,11,13H2,2-3H3,(H,29,30,31)/t17-,26-/m0/s1. The Morgan fingerprint density at radius 2 is 1.97 bits per heavy atom. The smallest absolute Gasteiger partial charge is 0.223 e. The van der Waals surface area contributed by atoms with Gasteiger partial charge in [-0.2, -0.15) is 10.2 Å². The molecule has 2 bridgehead atoms. The van der Waals surface area contributed by atoms with Crippen LogP contribution in [0.25, 0.3) is 11.3 Å². The Morgan fingerprint density at radius 1 is 1.17 bits per heavy atom. The van der Waals surface area contributed by atoms with E-state index in [1.165, 1.54) is 18.2 Å². The van der Waals surface area contributed by atoms with Crippen LogP contribution in [0.3, 0.4) is 0 Å². The number of nitrogens with one attached hydrogen (secondary N) is 2. The van der Waals surface area contributed by atoms with Crippen LogP contribution in [0.15, 0.2) is 53.9 Å². The predicted molar refractivity (Wildman–Crippen MR) is 129 cm³/mol. The predicted octanol–water partition coefficient (Wildman–Crippen LogP) is 4.69. The lowest BCUT2D eigenvalue weighted by Crippen LogP contribution is -2.38. The maximum absolute atomic E-state index is 14.5. The topological polar surface area (TPSA) is 88.0 Å². The Labute approximate surface area is 201 Å². The van der Waals surface area contributed by atoms with Crippen LogP contribution in [0.5, 0.6) is 0 Å². The van der Waals surface area contributed by atoms with Crippen LogP contribution in [-0.4, -0.2) is 32.4 Å². The van der Waals surface area contributed by atoms with E-state index < -0.39 is 17.0 Å². The van der Waals surface area contributed by atoms with Gasteiger partial charge in [-0.1, -0.05) is 26.5 Å². The van der Waals surface area contributed by atoms with E-state index in [1.54, 1.807) is 6.20 Å². The summed E-state index contributed by atoms with van der Waals surface area (Å²) in [5.74, 6) is -0.595. The van der Waals surface area contributed by atoms with Crippen LogP contribution in [-0.2, 0) is 5.41 Å². The fourth-order valence-electron chi connectivity index (χ4n) is 6.20. The summed E-state index contributed by atoms with van der Waals surface area (Å²) < 4.78 is 28.9. The molecule has 1 fully saturated rings. The summed E-state index contributed by atoms with van der Waals surface area (Å²) in [6, 6.07) is 7.58. The second kappa shape index (κ2) is 7.63. The molecular weight excluding hydrogens is 448 g/mol. The molecule has 0 saturated heterocycles. The Morgan fingerprint density at radius 3 is 2.71 bits per heavy atom. The van der Waals surface area contributed by atoms with Crippen molar-refractivity contribution >= 4 is 11.7 Å². The molecule has 178 valence electrons. The summed E-state index contributed by atoms with van der Waals surface area (Å²) in [5, 5.41) is 16.4. The molecule has 1 aliphatic heterocycles. The number of fused-ring (bicyclic) bond motifs is 5. The fraction of sp³-hybridized carbons (Fsp3) is 0.346. The average Bonchev–Trinajstić information content (AvgIpc) is 3.43. The Kier molecular flexibility index (Phi) is 4.74. The summed E-state index contributed by atoms with van der Waals surface area (Å²) in [5.41, 5.74) is 6.79. The minimum Gasteiger partial charge on any atom is -0.349 e. The summed E-state index contributed by atoms with van der Waals surface area (Å²) >= 11 is 0. The molecule has 2 N–H and O–H groups in total.